The van der Waals surface area contributed by atoms with Gasteiger partial charge in [-0.25, -0.2) is 0 Å². The first kappa shape index (κ1) is 16.2. The average molecular weight is 275 g/mol. The number of amides is 1. The number of hydrogen-bond donors (Lipinski definition) is 2. The van der Waals surface area contributed by atoms with Crippen LogP contribution < -0.4 is 5.32 Å². The molecular weight excluding hydrogens is 254 g/mol. The number of aromatic nitrogens is 1. The van der Waals surface area contributed by atoms with Crippen molar-refractivity contribution in [3.63, 3.8) is 0 Å². The molecule has 1 unspecified atom stereocenters. The lowest BCUT2D eigenvalue weighted by molar-refractivity contribution is 0.0936. The van der Waals surface area contributed by atoms with Crippen LogP contribution in [0, 0.1) is 11.8 Å². The lowest BCUT2D eigenvalue weighted by Crippen LogP contribution is -2.35. The third-order valence-corrected chi connectivity index (χ3v) is 2.75. The lowest BCUT2D eigenvalue weighted by atomic mass is 10.1. The van der Waals surface area contributed by atoms with Crippen molar-refractivity contribution in [3.8, 4) is 11.8 Å². The van der Waals surface area contributed by atoms with Crippen LogP contribution in [0.4, 0.5) is 0 Å². The van der Waals surface area contributed by atoms with Gasteiger partial charge >= 0.3 is 0 Å². The molecule has 1 aromatic rings. The first-order valence-electron chi connectivity index (χ1n) is 6.54. The topological polar surface area (TPSA) is 65.5 Å². The monoisotopic (exact) mass is 275 g/mol. The normalized spacial score (nSPS) is 11.7. The fourth-order valence-electron chi connectivity index (χ4n) is 1.65. The van der Waals surface area contributed by atoms with Crippen LogP contribution in [0.3, 0.4) is 0 Å². The largest absolute Gasteiger partial charge is 0.384 e. The maximum atomic E-state index is 12.2. The second-order valence-corrected chi connectivity index (χ2v) is 4.85. The van der Waals surface area contributed by atoms with E-state index in [2.05, 4.69) is 27.0 Å². The zero-order chi connectivity index (χ0) is 15.0. The van der Waals surface area contributed by atoms with Crippen LogP contribution in [0.15, 0.2) is 18.5 Å². The summed E-state index contributed by atoms with van der Waals surface area (Å²) in [6, 6.07) is 1.71. The van der Waals surface area contributed by atoms with Gasteiger partial charge in [0.25, 0.3) is 5.91 Å². The zero-order valence-electron chi connectivity index (χ0n) is 12.2. The van der Waals surface area contributed by atoms with Crippen LogP contribution in [0.5, 0.6) is 0 Å². The highest BCUT2D eigenvalue weighted by Crippen LogP contribution is 2.06. The summed E-state index contributed by atoms with van der Waals surface area (Å²) in [5.41, 5.74) is 1.01. The molecule has 0 saturated heterocycles. The molecule has 5 nitrogen and oxygen atoms in total. The minimum absolute atomic E-state index is 0.0803. The van der Waals surface area contributed by atoms with Gasteiger partial charge in [0.15, 0.2) is 0 Å². The number of carbonyl (C=O) groups is 1. The van der Waals surface area contributed by atoms with E-state index in [9.17, 15) is 4.79 Å². The Morgan fingerprint density at radius 3 is 2.95 bits per heavy atom. The molecule has 0 aliphatic carbocycles. The van der Waals surface area contributed by atoms with Gasteiger partial charge in [-0.15, -0.1) is 0 Å². The molecule has 1 aromatic heterocycles. The molecule has 0 spiro atoms. The van der Waals surface area contributed by atoms with Crippen molar-refractivity contribution >= 4 is 5.91 Å². The van der Waals surface area contributed by atoms with Crippen LogP contribution in [-0.2, 0) is 0 Å². The van der Waals surface area contributed by atoms with Gasteiger partial charge in [-0.3, -0.25) is 9.78 Å². The summed E-state index contributed by atoms with van der Waals surface area (Å²) >= 11 is 0. The highest BCUT2D eigenvalue weighted by molar-refractivity contribution is 5.96. The van der Waals surface area contributed by atoms with E-state index < -0.39 is 0 Å². The highest BCUT2D eigenvalue weighted by atomic mass is 16.2. The van der Waals surface area contributed by atoms with Crippen molar-refractivity contribution in [2.45, 2.75) is 19.4 Å². The minimum Gasteiger partial charge on any atom is -0.384 e. The lowest BCUT2D eigenvalue weighted by Gasteiger charge is -2.17. The van der Waals surface area contributed by atoms with Gasteiger partial charge in [-0.2, -0.15) is 0 Å². The Labute approximate surface area is 120 Å². The van der Waals surface area contributed by atoms with E-state index in [1.54, 1.807) is 12.3 Å². The minimum atomic E-state index is -0.241. The van der Waals surface area contributed by atoms with E-state index in [-0.39, 0.29) is 18.6 Å². The number of pyridine rings is 1. The Morgan fingerprint density at radius 2 is 2.30 bits per heavy atom. The summed E-state index contributed by atoms with van der Waals surface area (Å²) < 4.78 is 0. The Hall–Kier alpha value is -1.90. The molecule has 108 valence electrons. The molecule has 1 rings (SSSR count). The van der Waals surface area contributed by atoms with E-state index in [0.29, 0.717) is 11.1 Å². The molecule has 5 heteroatoms. The fourth-order valence-corrected chi connectivity index (χ4v) is 1.65. The Bertz CT molecular complexity index is 503. The Kier molecular flexibility index (Phi) is 6.71. The summed E-state index contributed by atoms with van der Waals surface area (Å²) in [5.74, 6) is 5.10. The zero-order valence-corrected chi connectivity index (χ0v) is 12.2. The van der Waals surface area contributed by atoms with Gasteiger partial charge < -0.3 is 15.3 Å². The van der Waals surface area contributed by atoms with Crippen LogP contribution >= 0.6 is 0 Å². The van der Waals surface area contributed by atoms with E-state index in [1.807, 2.05) is 21.0 Å². The molecule has 2 N–H and O–H groups in total. The van der Waals surface area contributed by atoms with Gasteiger partial charge in [0, 0.05) is 18.4 Å². The highest BCUT2D eigenvalue weighted by Gasteiger charge is 2.13. The molecule has 0 saturated carbocycles. The third kappa shape index (κ3) is 5.39. The molecule has 0 aromatic carbocycles. The van der Waals surface area contributed by atoms with Gasteiger partial charge in [0.1, 0.15) is 6.61 Å². The van der Waals surface area contributed by atoms with Crippen LogP contribution in [0.25, 0.3) is 0 Å². The van der Waals surface area contributed by atoms with E-state index in [1.165, 1.54) is 6.20 Å². The van der Waals surface area contributed by atoms with Gasteiger partial charge in [-0.05, 0) is 40.1 Å². The quantitative estimate of drug-likeness (QED) is 0.768. The molecule has 0 radical (unpaired) electrons. The van der Waals surface area contributed by atoms with Crippen molar-refractivity contribution in [1.29, 1.82) is 0 Å². The molecular formula is C15H21N3O2. The number of nitrogens with zero attached hydrogens (tertiary/aromatic N) is 2. The molecule has 1 amide bonds. The van der Waals surface area contributed by atoms with Gasteiger partial charge in [-0.1, -0.05) is 11.8 Å². The number of rotatable bonds is 5. The Morgan fingerprint density at radius 1 is 1.55 bits per heavy atom. The van der Waals surface area contributed by atoms with Crippen molar-refractivity contribution < 1.29 is 9.90 Å². The summed E-state index contributed by atoms with van der Waals surface area (Å²) in [5, 5.41) is 11.7. The standard InChI is InChI=1S/C15H21N3O2/c1-12(7-9-18(2)3)17-15(20)14-6-8-16-11-13(14)5-4-10-19/h6,8,11-12,19H,7,9-10H2,1-3H3,(H,17,20). The molecule has 0 aliphatic heterocycles. The molecule has 20 heavy (non-hydrogen) atoms. The number of hydrogen-bond acceptors (Lipinski definition) is 4. The maximum Gasteiger partial charge on any atom is 0.252 e. The summed E-state index contributed by atoms with van der Waals surface area (Å²) in [6.07, 6.45) is 3.97. The molecule has 0 fully saturated rings. The summed E-state index contributed by atoms with van der Waals surface area (Å²) in [6.45, 7) is 2.64. The third-order valence-electron chi connectivity index (χ3n) is 2.75. The molecule has 0 bridgehead atoms. The predicted molar refractivity (Wildman–Crippen MR) is 78.3 cm³/mol. The number of aliphatic hydroxyl groups excluding tert-OH is 1. The van der Waals surface area contributed by atoms with E-state index in [4.69, 9.17) is 5.11 Å². The Balaban J connectivity index is 2.72. The average Bonchev–Trinajstić information content (AvgIpc) is 2.43. The molecule has 0 aliphatic rings. The van der Waals surface area contributed by atoms with Gasteiger partial charge in [0.05, 0.1) is 11.1 Å². The summed E-state index contributed by atoms with van der Waals surface area (Å²) in [7, 11) is 4.00. The van der Waals surface area contributed by atoms with Crippen LogP contribution in [0.2, 0.25) is 0 Å². The van der Waals surface area contributed by atoms with Gasteiger partial charge in [0.2, 0.25) is 0 Å². The van der Waals surface area contributed by atoms with Crippen molar-refractivity contribution in [1.82, 2.24) is 15.2 Å². The van der Waals surface area contributed by atoms with E-state index >= 15 is 0 Å². The first-order chi connectivity index (χ1) is 9.54. The maximum absolute atomic E-state index is 12.2. The van der Waals surface area contributed by atoms with Crippen molar-refractivity contribution in [2.24, 2.45) is 0 Å². The van der Waals surface area contributed by atoms with Crippen LogP contribution in [-0.4, -0.2) is 54.2 Å². The SMILES string of the molecule is CC(CCN(C)C)NC(=O)c1ccncc1C#CCO. The second kappa shape index (κ2) is 8.31. The number of nitrogens with one attached hydrogen (secondary N) is 1. The number of aliphatic hydroxyl groups is 1. The van der Waals surface area contributed by atoms with Crippen molar-refractivity contribution in [3.05, 3.63) is 29.6 Å². The predicted octanol–water partition coefficient (Wildman–Crippen LogP) is 0.495. The fraction of sp³-hybridized carbons (Fsp3) is 0.467. The molecule has 1 atom stereocenters. The van der Waals surface area contributed by atoms with Crippen molar-refractivity contribution in [2.75, 3.05) is 27.2 Å². The van der Waals surface area contributed by atoms with Crippen LogP contribution in [0.1, 0.15) is 29.3 Å². The molecule has 1 heterocycles. The summed E-state index contributed by atoms with van der Waals surface area (Å²) in [4.78, 5) is 18.2. The second-order valence-electron chi connectivity index (χ2n) is 4.85. The number of carbonyl (C=O) groups excluding carboxylic acids is 1. The first-order valence-corrected chi connectivity index (χ1v) is 6.54. The smallest absolute Gasteiger partial charge is 0.252 e. The van der Waals surface area contributed by atoms with E-state index in [0.717, 1.165) is 13.0 Å².